The van der Waals surface area contributed by atoms with Gasteiger partial charge in [-0.2, -0.15) is 10.4 Å². The molecule has 0 saturated heterocycles. The van der Waals surface area contributed by atoms with E-state index in [1.54, 1.807) is 18.0 Å². The molecule has 8 nitrogen and oxygen atoms in total. The van der Waals surface area contributed by atoms with Crippen molar-refractivity contribution < 1.29 is 4.74 Å². The number of ether oxygens (including phenoxy) is 1. The minimum atomic E-state index is 0.553. The van der Waals surface area contributed by atoms with Gasteiger partial charge in [-0.25, -0.2) is 4.98 Å². The van der Waals surface area contributed by atoms with Crippen LogP contribution in [0.3, 0.4) is 0 Å². The van der Waals surface area contributed by atoms with Gasteiger partial charge in [-0.3, -0.25) is 4.68 Å². The van der Waals surface area contributed by atoms with E-state index in [1.165, 1.54) is 0 Å². The summed E-state index contributed by atoms with van der Waals surface area (Å²) in [4.78, 5) is 7.53. The summed E-state index contributed by atoms with van der Waals surface area (Å²) in [6.07, 6.45) is 3.50. The van der Waals surface area contributed by atoms with E-state index in [0.29, 0.717) is 36.0 Å². The number of nitrogens with one attached hydrogen (secondary N) is 3. The van der Waals surface area contributed by atoms with Gasteiger partial charge in [0.05, 0.1) is 23.2 Å². The Morgan fingerprint density at radius 2 is 2.30 bits per heavy atom. The molecule has 0 bridgehead atoms. The molecule has 118 valence electrons. The molecule has 0 saturated carbocycles. The van der Waals surface area contributed by atoms with Gasteiger partial charge in [0.1, 0.15) is 17.5 Å². The minimum absolute atomic E-state index is 0.553. The Morgan fingerprint density at radius 3 is 3.00 bits per heavy atom. The lowest BCUT2D eigenvalue weighted by molar-refractivity contribution is 0.211. The number of nitriles is 1. The number of rotatable bonds is 6. The van der Waals surface area contributed by atoms with E-state index in [0.717, 1.165) is 11.1 Å². The molecule has 0 radical (unpaired) electrons. The van der Waals surface area contributed by atoms with Crippen LogP contribution in [-0.2, 0) is 11.8 Å². The molecule has 8 heteroatoms. The average molecular weight is 311 g/mol. The van der Waals surface area contributed by atoms with Gasteiger partial charge in [0, 0.05) is 45.2 Å². The van der Waals surface area contributed by atoms with Crippen LogP contribution in [0.5, 0.6) is 0 Å². The fourth-order valence-corrected chi connectivity index (χ4v) is 2.33. The van der Waals surface area contributed by atoms with Gasteiger partial charge in [0.2, 0.25) is 0 Å². The van der Waals surface area contributed by atoms with Crippen molar-refractivity contribution in [2.75, 3.05) is 30.9 Å². The molecule has 3 N–H and O–H groups in total. The Hall–Kier alpha value is -3.05. The highest BCUT2D eigenvalue weighted by Crippen LogP contribution is 2.29. The number of aromatic nitrogens is 4. The molecular weight excluding hydrogens is 294 g/mol. The molecule has 3 aromatic rings. The maximum atomic E-state index is 9.25. The maximum Gasteiger partial charge on any atom is 0.153 e. The molecule has 23 heavy (non-hydrogen) atoms. The number of anilines is 3. The largest absolute Gasteiger partial charge is 0.383 e. The molecule has 0 aliphatic carbocycles. The molecule has 0 amide bonds. The molecule has 3 heterocycles. The number of nitrogens with zero attached hydrogens (tertiary/aromatic N) is 4. The van der Waals surface area contributed by atoms with Gasteiger partial charge in [-0.1, -0.05) is 0 Å². The van der Waals surface area contributed by atoms with Gasteiger partial charge >= 0.3 is 0 Å². The second-order valence-electron chi connectivity index (χ2n) is 5.01. The summed E-state index contributed by atoms with van der Waals surface area (Å²) in [6.45, 7) is 1.20. The fourth-order valence-electron chi connectivity index (χ4n) is 2.33. The second kappa shape index (κ2) is 6.37. The lowest BCUT2D eigenvalue weighted by Gasteiger charge is -2.10. The van der Waals surface area contributed by atoms with Crippen LogP contribution in [0.4, 0.5) is 17.3 Å². The normalized spacial score (nSPS) is 10.7. The van der Waals surface area contributed by atoms with Crippen molar-refractivity contribution in [3.8, 4) is 6.07 Å². The number of methoxy groups -OCH3 is 1. The fraction of sp³-hybridized carbons (Fsp3) is 0.267. The smallest absolute Gasteiger partial charge is 0.153 e. The Kier molecular flexibility index (Phi) is 4.12. The van der Waals surface area contributed by atoms with Crippen molar-refractivity contribution in [1.82, 2.24) is 19.7 Å². The Labute approximate surface area is 133 Å². The van der Waals surface area contributed by atoms with Crippen LogP contribution < -0.4 is 10.6 Å². The first-order valence-corrected chi connectivity index (χ1v) is 7.13. The molecule has 0 spiro atoms. The van der Waals surface area contributed by atoms with E-state index in [9.17, 15) is 5.26 Å². The molecule has 3 rings (SSSR count). The van der Waals surface area contributed by atoms with Crippen molar-refractivity contribution in [3.63, 3.8) is 0 Å². The Morgan fingerprint density at radius 1 is 1.43 bits per heavy atom. The number of hydrogen-bond acceptors (Lipinski definition) is 6. The third-order valence-electron chi connectivity index (χ3n) is 3.35. The van der Waals surface area contributed by atoms with Gasteiger partial charge in [-0.15, -0.1) is 0 Å². The van der Waals surface area contributed by atoms with E-state index in [-0.39, 0.29) is 0 Å². The van der Waals surface area contributed by atoms with Crippen LogP contribution in [0.15, 0.2) is 24.5 Å². The first-order valence-electron chi connectivity index (χ1n) is 7.13. The SMILES string of the molecule is COCCNc1cc(Nc2ccn(C)n2)nc2[nH]cc(C#N)c12. The van der Waals surface area contributed by atoms with Crippen molar-refractivity contribution in [1.29, 1.82) is 5.26 Å². The Balaban J connectivity index is 1.98. The van der Waals surface area contributed by atoms with E-state index < -0.39 is 0 Å². The molecule has 0 aliphatic rings. The zero-order chi connectivity index (χ0) is 16.2. The molecule has 0 aliphatic heterocycles. The molecule has 3 aromatic heterocycles. The quantitative estimate of drug-likeness (QED) is 0.601. The van der Waals surface area contributed by atoms with Crippen LogP contribution in [0.1, 0.15) is 5.56 Å². The number of fused-ring (bicyclic) bond motifs is 1. The van der Waals surface area contributed by atoms with Crippen molar-refractivity contribution in [3.05, 3.63) is 30.1 Å². The lowest BCUT2D eigenvalue weighted by atomic mass is 10.2. The first-order chi connectivity index (χ1) is 11.2. The van der Waals surface area contributed by atoms with E-state index >= 15 is 0 Å². The summed E-state index contributed by atoms with van der Waals surface area (Å²) in [7, 11) is 3.50. The lowest BCUT2D eigenvalue weighted by Crippen LogP contribution is -2.08. The van der Waals surface area contributed by atoms with Crippen LogP contribution in [0, 0.1) is 11.3 Å². The molecular formula is C15H17N7O. The van der Waals surface area contributed by atoms with Gasteiger partial charge in [-0.05, 0) is 0 Å². The summed E-state index contributed by atoms with van der Waals surface area (Å²) in [5, 5.41) is 20.7. The molecule has 0 fully saturated rings. The highest BCUT2D eigenvalue weighted by molar-refractivity contribution is 5.96. The summed E-state index contributed by atoms with van der Waals surface area (Å²) < 4.78 is 6.77. The van der Waals surface area contributed by atoms with Crippen LogP contribution in [0.2, 0.25) is 0 Å². The monoisotopic (exact) mass is 311 g/mol. The maximum absolute atomic E-state index is 9.25. The minimum Gasteiger partial charge on any atom is -0.383 e. The number of hydrogen-bond donors (Lipinski definition) is 3. The van der Waals surface area contributed by atoms with Gasteiger partial charge < -0.3 is 20.4 Å². The first kappa shape index (κ1) is 14.9. The summed E-state index contributed by atoms with van der Waals surface area (Å²) in [5.74, 6) is 1.34. The topological polar surface area (TPSA) is 104 Å². The van der Waals surface area contributed by atoms with Crippen molar-refractivity contribution in [2.24, 2.45) is 7.05 Å². The zero-order valence-electron chi connectivity index (χ0n) is 12.9. The Bertz CT molecular complexity index is 858. The van der Waals surface area contributed by atoms with Crippen molar-refractivity contribution in [2.45, 2.75) is 0 Å². The summed E-state index contributed by atoms with van der Waals surface area (Å²) in [6, 6.07) is 5.90. The number of aryl methyl sites for hydroxylation is 1. The molecule has 0 atom stereocenters. The van der Waals surface area contributed by atoms with Crippen LogP contribution >= 0.6 is 0 Å². The third kappa shape index (κ3) is 3.09. The summed E-state index contributed by atoms with van der Waals surface area (Å²) in [5.41, 5.74) is 2.02. The average Bonchev–Trinajstić information content (AvgIpc) is 3.13. The van der Waals surface area contributed by atoms with Crippen molar-refractivity contribution >= 4 is 28.4 Å². The predicted octanol–water partition coefficient (Wildman–Crippen LogP) is 1.97. The van der Waals surface area contributed by atoms with E-state index in [4.69, 9.17) is 4.74 Å². The third-order valence-corrected chi connectivity index (χ3v) is 3.35. The van der Waals surface area contributed by atoms with Crippen LogP contribution in [-0.4, -0.2) is 40.0 Å². The van der Waals surface area contributed by atoms with E-state index in [2.05, 4.69) is 31.8 Å². The predicted molar refractivity (Wildman–Crippen MR) is 87.7 cm³/mol. The van der Waals surface area contributed by atoms with E-state index in [1.807, 2.05) is 25.4 Å². The van der Waals surface area contributed by atoms with Gasteiger partial charge in [0.15, 0.2) is 5.82 Å². The number of H-pyrrole nitrogens is 1. The number of pyridine rings is 1. The highest BCUT2D eigenvalue weighted by atomic mass is 16.5. The van der Waals surface area contributed by atoms with Crippen LogP contribution in [0.25, 0.3) is 11.0 Å². The molecule has 0 aromatic carbocycles. The summed E-state index contributed by atoms with van der Waals surface area (Å²) >= 11 is 0. The zero-order valence-corrected chi connectivity index (χ0v) is 12.9. The standard InChI is InChI=1S/C15H17N7O/c1-22-5-3-12(21-22)19-13-7-11(17-4-6-23-2)14-10(8-16)9-18-15(14)20-13/h3,5,7,9H,4,6H2,1-2H3,(H3,17,18,19,20,21). The highest BCUT2D eigenvalue weighted by Gasteiger charge is 2.12. The molecule has 0 unspecified atom stereocenters. The van der Waals surface area contributed by atoms with Gasteiger partial charge in [0.25, 0.3) is 0 Å². The number of aromatic amines is 1. The second-order valence-corrected chi connectivity index (χ2v) is 5.01.